The molecular formula is C12H13NO3S. The molecule has 0 aromatic heterocycles. The third kappa shape index (κ3) is 2.25. The zero-order valence-corrected chi connectivity index (χ0v) is 9.94. The van der Waals surface area contributed by atoms with Gasteiger partial charge in [0.1, 0.15) is 0 Å². The molecule has 0 spiro atoms. The Kier molecular flexibility index (Phi) is 3.04. The Hall–Kier alpha value is -1.59. The van der Waals surface area contributed by atoms with Gasteiger partial charge in [-0.1, -0.05) is 24.3 Å². The Morgan fingerprint density at radius 3 is 2.59 bits per heavy atom. The average Bonchev–Trinajstić information content (AvgIpc) is 2.29. The van der Waals surface area contributed by atoms with Gasteiger partial charge in [-0.25, -0.2) is 8.42 Å². The maximum Gasteiger partial charge on any atom is 0.180 e. The van der Waals surface area contributed by atoms with Crippen LogP contribution < -0.4 is 5.73 Å². The summed E-state index contributed by atoms with van der Waals surface area (Å²) in [5.74, 6) is -0.287. The average molecular weight is 251 g/mol. The molecule has 0 fully saturated rings. The Bertz CT molecular complexity index is 650. The second-order valence-electron chi connectivity index (χ2n) is 3.78. The van der Waals surface area contributed by atoms with Crippen LogP contribution in [-0.4, -0.2) is 25.9 Å². The largest absolute Gasteiger partial charge is 0.398 e. The number of hydrogen-bond acceptors (Lipinski definition) is 4. The van der Waals surface area contributed by atoms with Crippen LogP contribution in [0.1, 0.15) is 0 Å². The minimum atomic E-state index is -3.45. The summed E-state index contributed by atoms with van der Waals surface area (Å²) in [4.78, 5) is 0.155. The lowest BCUT2D eigenvalue weighted by atomic mass is 10.1. The van der Waals surface area contributed by atoms with E-state index in [9.17, 15) is 8.42 Å². The maximum absolute atomic E-state index is 11.8. The summed E-state index contributed by atoms with van der Waals surface area (Å²) >= 11 is 0. The number of aliphatic hydroxyl groups excluding tert-OH is 1. The van der Waals surface area contributed by atoms with Crippen LogP contribution in [0.3, 0.4) is 0 Å². The summed E-state index contributed by atoms with van der Waals surface area (Å²) in [6.07, 6.45) is 0. The van der Waals surface area contributed by atoms with Gasteiger partial charge in [0.2, 0.25) is 0 Å². The molecule has 0 atom stereocenters. The molecule has 0 aliphatic rings. The van der Waals surface area contributed by atoms with Crippen molar-refractivity contribution in [3.63, 3.8) is 0 Å². The SMILES string of the molecule is Nc1cc(S(=O)(=O)CCO)cc2ccccc12. The molecule has 0 aliphatic carbocycles. The van der Waals surface area contributed by atoms with Crippen molar-refractivity contribution in [2.24, 2.45) is 0 Å². The van der Waals surface area contributed by atoms with Crippen molar-refractivity contribution >= 4 is 26.3 Å². The molecule has 2 aromatic carbocycles. The number of nitrogen functional groups attached to an aromatic ring is 1. The fourth-order valence-corrected chi connectivity index (χ4v) is 2.82. The van der Waals surface area contributed by atoms with E-state index in [-0.39, 0.29) is 10.6 Å². The number of nitrogens with two attached hydrogens (primary N) is 1. The first-order chi connectivity index (χ1) is 8.04. The van der Waals surface area contributed by atoms with Crippen molar-refractivity contribution in [1.82, 2.24) is 0 Å². The molecule has 0 heterocycles. The quantitative estimate of drug-likeness (QED) is 0.803. The minimum Gasteiger partial charge on any atom is -0.398 e. The van der Waals surface area contributed by atoms with Crippen molar-refractivity contribution in [2.75, 3.05) is 18.1 Å². The minimum absolute atomic E-state index is 0.155. The summed E-state index contributed by atoms with van der Waals surface area (Å²) in [5.41, 5.74) is 6.25. The number of sulfone groups is 1. The molecule has 3 N–H and O–H groups in total. The fraction of sp³-hybridized carbons (Fsp3) is 0.167. The van der Waals surface area contributed by atoms with Crippen molar-refractivity contribution in [2.45, 2.75) is 4.90 Å². The third-order valence-corrected chi connectivity index (χ3v) is 4.26. The standard InChI is InChI=1S/C12H13NO3S/c13-12-8-10(17(15,16)6-5-14)7-9-3-1-2-4-11(9)12/h1-4,7-8,14H,5-6,13H2. The molecule has 2 aromatic rings. The second kappa shape index (κ2) is 4.35. The predicted molar refractivity (Wildman–Crippen MR) is 67.5 cm³/mol. The molecular weight excluding hydrogens is 238 g/mol. The highest BCUT2D eigenvalue weighted by atomic mass is 32.2. The molecule has 0 saturated heterocycles. The van der Waals surface area contributed by atoms with Crippen LogP contribution in [0.15, 0.2) is 41.3 Å². The normalized spacial score (nSPS) is 11.8. The van der Waals surface area contributed by atoms with Crippen molar-refractivity contribution in [1.29, 1.82) is 0 Å². The van der Waals surface area contributed by atoms with E-state index in [2.05, 4.69) is 0 Å². The summed E-state index contributed by atoms with van der Waals surface area (Å²) in [6.45, 7) is -0.394. The lowest BCUT2D eigenvalue weighted by molar-refractivity contribution is 0.319. The van der Waals surface area contributed by atoms with Crippen LogP contribution in [0.2, 0.25) is 0 Å². The number of hydrogen-bond donors (Lipinski definition) is 2. The van der Waals surface area contributed by atoms with E-state index >= 15 is 0 Å². The lowest BCUT2D eigenvalue weighted by Crippen LogP contribution is -2.10. The number of fused-ring (bicyclic) bond motifs is 1. The molecule has 0 amide bonds. The van der Waals surface area contributed by atoms with E-state index in [1.54, 1.807) is 6.07 Å². The van der Waals surface area contributed by atoms with Crippen LogP contribution in [0, 0.1) is 0 Å². The zero-order valence-electron chi connectivity index (χ0n) is 9.13. The highest BCUT2D eigenvalue weighted by molar-refractivity contribution is 7.91. The number of aliphatic hydroxyl groups is 1. The maximum atomic E-state index is 11.8. The van der Waals surface area contributed by atoms with Gasteiger partial charge >= 0.3 is 0 Å². The first-order valence-corrected chi connectivity index (χ1v) is 6.82. The molecule has 0 radical (unpaired) electrons. The van der Waals surface area contributed by atoms with Gasteiger partial charge < -0.3 is 10.8 Å². The summed E-state index contributed by atoms with van der Waals surface area (Å²) < 4.78 is 23.6. The van der Waals surface area contributed by atoms with Crippen LogP contribution in [-0.2, 0) is 9.84 Å². The second-order valence-corrected chi connectivity index (χ2v) is 5.89. The molecule has 2 rings (SSSR count). The van der Waals surface area contributed by atoms with Crippen molar-refractivity contribution in [3.05, 3.63) is 36.4 Å². The van der Waals surface area contributed by atoms with Gasteiger partial charge in [0.25, 0.3) is 0 Å². The van der Waals surface area contributed by atoms with Gasteiger partial charge in [0.15, 0.2) is 9.84 Å². The van der Waals surface area contributed by atoms with Crippen LogP contribution >= 0.6 is 0 Å². The zero-order chi connectivity index (χ0) is 12.5. The van der Waals surface area contributed by atoms with Crippen LogP contribution in [0.5, 0.6) is 0 Å². The Labute approximate surface area is 99.6 Å². The number of rotatable bonds is 3. The van der Waals surface area contributed by atoms with E-state index in [1.807, 2.05) is 24.3 Å². The van der Waals surface area contributed by atoms with Gasteiger partial charge in [-0.15, -0.1) is 0 Å². The monoisotopic (exact) mass is 251 g/mol. The van der Waals surface area contributed by atoms with Crippen LogP contribution in [0.25, 0.3) is 10.8 Å². The lowest BCUT2D eigenvalue weighted by Gasteiger charge is -2.07. The molecule has 17 heavy (non-hydrogen) atoms. The summed E-state index contributed by atoms with van der Waals surface area (Å²) in [6, 6.07) is 10.3. The van der Waals surface area contributed by atoms with E-state index in [0.717, 1.165) is 10.8 Å². The Morgan fingerprint density at radius 2 is 1.88 bits per heavy atom. The molecule has 4 nitrogen and oxygen atoms in total. The van der Waals surface area contributed by atoms with Gasteiger partial charge in [-0.3, -0.25) is 0 Å². The molecule has 0 unspecified atom stereocenters. The highest BCUT2D eigenvalue weighted by Crippen LogP contribution is 2.25. The van der Waals surface area contributed by atoms with Gasteiger partial charge in [0, 0.05) is 11.1 Å². The number of benzene rings is 2. The van der Waals surface area contributed by atoms with E-state index in [0.29, 0.717) is 5.69 Å². The topological polar surface area (TPSA) is 80.4 Å². The number of anilines is 1. The van der Waals surface area contributed by atoms with Crippen molar-refractivity contribution < 1.29 is 13.5 Å². The third-order valence-electron chi connectivity index (χ3n) is 2.59. The molecule has 0 aliphatic heterocycles. The summed E-state index contributed by atoms with van der Waals surface area (Å²) in [7, 11) is -3.45. The summed E-state index contributed by atoms with van der Waals surface area (Å²) in [5, 5.41) is 10.3. The Morgan fingerprint density at radius 1 is 1.18 bits per heavy atom. The molecule has 90 valence electrons. The fourth-order valence-electron chi connectivity index (χ4n) is 1.73. The van der Waals surface area contributed by atoms with Crippen LogP contribution in [0.4, 0.5) is 5.69 Å². The van der Waals surface area contributed by atoms with E-state index < -0.39 is 16.4 Å². The van der Waals surface area contributed by atoms with Crippen molar-refractivity contribution in [3.8, 4) is 0 Å². The van der Waals surface area contributed by atoms with Gasteiger partial charge in [-0.05, 0) is 17.5 Å². The first-order valence-electron chi connectivity index (χ1n) is 5.16. The Balaban J connectivity index is 2.66. The first kappa shape index (κ1) is 11.9. The highest BCUT2D eigenvalue weighted by Gasteiger charge is 2.15. The smallest absolute Gasteiger partial charge is 0.180 e. The van der Waals surface area contributed by atoms with E-state index in [1.165, 1.54) is 6.07 Å². The molecule has 5 heteroatoms. The molecule has 0 bridgehead atoms. The van der Waals surface area contributed by atoms with E-state index in [4.69, 9.17) is 10.8 Å². The van der Waals surface area contributed by atoms with Gasteiger partial charge in [-0.2, -0.15) is 0 Å². The predicted octanol–water partition coefficient (Wildman–Crippen LogP) is 1.19. The molecule has 0 saturated carbocycles. The van der Waals surface area contributed by atoms with Gasteiger partial charge in [0.05, 0.1) is 17.3 Å².